The van der Waals surface area contributed by atoms with Crippen LogP contribution in [-0.4, -0.2) is 18.1 Å². The summed E-state index contributed by atoms with van der Waals surface area (Å²) >= 11 is 0. The Morgan fingerprint density at radius 2 is 2.12 bits per heavy atom. The molecule has 1 aromatic heterocycles. The van der Waals surface area contributed by atoms with Crippen LogP contribution in [0.5, 0.6) is 0 Å². The highest BCUT2D eigenvalue weighted by atomic mass is 16.5. The minimum Gasteiger partial charge on any atom is -0.468 e. The van der Waals surface area contributed by atoms with Gasteiger partial charge in [-0.25, -0.2) is 0 Å². The Kier molecular flexibility index (Phi) is 1.84. The first kappa shape index (κ1) is 9.46. The lowest BCUT2D eigenvalue weighted by Crippen LogP contribution is -2.22. The second-order valence-electron chi connectivity index (χ2n) is 4.34. The number of hydrogen-bond acceptors (Lipinski definition) is 2. The van der Waals surface area contributed by atoms with Crippen molar-refractivity contribution >= 4 is 16.9 Å². The molecule has 1 heterocycles. The summed E-state index contributed by atoms with van der Waals surface area (Å²) < 4.78 is 4.87. The number of methoxy groups -OCH3 is 1. The number of rotatable bonds is 2. The van der Waals surface area contributed by atoms with E-state index >= 15 is 0 Å². The van der Waals surface area contributed by atoms with Crippen LogP contribution in [0, 0.1) is 0 Å². The van der Waals surface area contributed by atoms with Gasteiger partial charge >= 0.3 is 5.97 Å². The Bertz CT molecular complexity index is 519. The molecule has 0 amide bonds. The molecule has 3 nitrogen and oxygen atoms in total. The number of aromatic nitrogens is 1. The summed E-state index contributed by atoms with van der Waals surface area (Å²) in [5.41, 5.74) is 1.67. The number of H-pyrrole nitrogens is 1. The first-order valence-electron chi connectivity index (χ1n) is 5.43. The molecule has 16 heavy (non-hydrogen) atoms. The van der Waals surface area contributed by atoms with Gasteiger partial charge in [0.05, 0.1) is 7.11 Å². The molecule has 0 aliphatic heterocycles. The average Bonchev–Trinajstić information content (AvgIpc) is 3.01. The number of fused-ring (bicyclic) bond motifs is 1. The van der Waals surface area contributed by atoms with Crippen LogP contribution in [0.2, 0.25) is 0 Å². The molecule has 1 aromatic carbocycles. The maximum Gasteiger partial charge on any atom is 0.317 e. The molecule has 1 N–H and O–H groups in total. The fourth-order valence-electron chi connectivity index (χ4n) is 2.23. The summed E-state index contributed by atoms with van der Waals surface area (Å²) in [6, 6.07) is 10.1. The van der Waals surface area contributed by atoms with Crippen molar-refractivity contribution in [3.63, 3.8) is 0 Å². The van der Waals surface area contributed by atoms with Gasteiger partial charge in [-0.05, 0) is 30.4 Å². The van der Waals surface area contributed by atoms with Crippen LogP contribution in [0.15, 0.2) is 30.3 Å². The minimum absolute atomic E-state index is 0.126. The first-order valence-corrected chi connectivity index (χ1v) is 5.43. The monoisotopic (exact) mass is 215 g/mol. The van der Waals surface area contributed by atoms with Crippen LogP contribution in [-0.2, 0) is 14.9 Å². The van der Waals surface area contributed by atoms with Crippen molar-refractivity contribution in [3.05, 3.63) is 36.0 Å². The van der Waals surface area contributed by atoms with Gasteiger partial charge in [-0.3, -0.25) is 4.79 Å². The van der Waals surface area contributed by atoms with E-state index in [0.717, 1.165) is 29.4 Å². The Balaban J connectivity index is 2.10. The van der Waals surface area contributed by atoms with Crippen LogP contribution in [0.25, 0.3) is 10.9 Å². The predicted molar refractivity (Wildman–Crippen MR) is 61.2 cm³/mol. The zero-order valence-electron chi connectivity index (χ0n) is 9.12. The van der Waals surface area contributed by atoms with E-state index in [4.69, 9.17) is 4.74 Å². The number of carbonyl (C=O) groups excluding carboxylic acids is 1. The van der Waals surface area contributed by atoms with Crippen LogP contribution in [0.4, 0.5) is 0 Å². The van der Waals surface area contributed by atoms with Crippen LogP contribution in [0.1, 0.15) is 18.5 Å². The van der Waals surface area contributed by atoms with Gasteiger partial charge in [-0.2, -0.15) is 0 Å². The standard InChI is InChI=1S/C13H13NO2/c1-16-12(15)13(6-7-13)11-8-9-4-2-3-5-10(9)14-11/h2-5,8,14H,6-7H2,1H3. The second-order valence-corrected chi connectivity index (χ2v) is 4.34. The van der Waals surface area contributed by atoms with Gasteiger partial charge < -0.3 is 9.72 Å². The van der Waals surface area contributed by atoms with E-state index in [1.54, 1.807) is 0 Å². The third-order valence-electron chi connectivity index (χ3n) is 3.37. The zero-order valence-corrected chi connectivity index (χ0v) is 9.12. The molecule has 82 valence electrons. The van der Waals surface area contributed by atoms with Crippen LogP contribution in [0.3, 0.4) is 0 Å². The highest BCUT2D eigenvalue weighted by molar-refractivity contribution is 5.89. The fraction of sp³-hybridized carbons (Fsp3) is 0.308. The number of ether oxygens (including phenoxy) is 1. The highest BCUT2D eigenvalue weighted by Gasteiger charge is 2.53. The van der Waals surface area contributed by atoms with E-state index in [0.29, 0.717) is 0 Å². The van der Waals surface area contributed by atoms with E-state index in [-0.39, 0.29) is 5.97 Å². The van der Waals surface area contributed by atoms with Crippen molar-refractivity contribution < 1.29 is 9.53 Å². The maximum absolute atomic E-state index is 11.7. The van der Waals surface area contributed by atoms with E-state index in [9.17, 15) is 4.79 Å². The van der Waals surface area contributed by atoms with E-state index in [2.05, 4.69) is 11.1 Å². The van der Waals surface area contributed by atoms with Crippen molar-refractivity contribution in [2.75, 3.05) is 7.11 Å². The van der Waals surface area contributed by atoms with Crippen molar-refractivity contribution in [1.29, 1.82) is 0 Å². The minimum atomic E-state index is -0.395. The maximum atomic E-state index is 11.7. The molecule has 0 unspecified atom stereocenters. The lowest BCUT2D eigenvalue weighted by atomic mass is 10.0. The molecule has 0 atom stereocenters. The normalized spacial score (nSPS) is 17.3. The molecule has 1 aliphatic rings. The number of para-hydroxylation sites is 1. The molecular formula is C13H13NO2. The summed E-state index contributed by atoms with van der Waals surface area (Å²) in [5, 5.41) is 1.15. The topological polar surface area (TPSA) is 42.1 Å². The van der Waals surface area contributed by atoms with Gasteiger partial charge in [-0.1, -0.05) is 18.2 Å². The number of nitrogens with one attached hydrogen (secondary N) is 1. The van der Waals surface area contributed by atoms with Crippen LogP contribution >= 0.6 is 0 Å². The third-order valence-corrected chi connectivity index (χ3v) is 3.37. The molecular weight excluding hydrogens is 202 g/mol. The molecule has 0 radical (unpaired) electrons. The van der Waals surface area contributed by atoms with Gasteiger partial charge in [0, 0.05) is 11.2 Å². The SMILES string of the molecule is COC(=O)C1(c2cc3ccccc3[nH]2)CC1. The summed E-state index contributed by atoms with van der Waals surface area (Å²) in [6.45, 7) is 0. The highest BCUT2D eigenvalue weighted by Crippen LogP contribution is 2.49. The Morgan fingerprint density at radius 1 is 1.38 bits per heavy atom. The first-order chi connectivity index (χ1) is 7.76. The number of benzene rings is 1. The van der Waals surface area contributed by atoms with Crippen LogP contribution < -0.4 is 0 Å². The molecule has 0 spiro atoms. The smallest absolute Gasteiger partial charge is 0.317 e. The van der Waals surface area contributed by atoms with Gasteiger partial charge in [0.1, 0.15) is 5.41 Å². The van der Waals surface area contributed by atoms with Crippen molar-refractivity contribution in [1.82, 2.24) is 4.98 Å². The lowest BCUT2D eigenvalue weighted by Gasteiger charge is -2.09. The molecule has 1 saturated carbocycles. The van der Waals surface area contributed by atoms with E-state index in [1.165, 1.54) is 7.11 Å². The largest absolute Gasteiger partial charge is 0.468 e. The van der Waals surface area contributed by atoms with Crippen molar-refractivity contribution in [2.24, 2.45) is 0 Å². The summed E-state index contributed by atoms with van der Waals surface area (Å²) in [7, 11) is 1.45. The Hall–Kier alpha value is -1.77. The predicted octanol–water partition coefficient (Wildman–Crippen LogP) is 2.37. The molecule has 3 rings (SSSR count). The number of esters is 1. The summed E-state index contributed by atoms with van der Waals surface area (Å²) in [5.74, 6) is -0.126. The van der Waals surface area contributed by atoms with Gasteiger partial charge in [0.15, 0.2) is 0 Å². The van der Waals surface area contributed by atoms with Gasteiger partial charge in [0.2, 0.25) is 0 Å². The Labute approximate surface area is 93.4 Å². The van der Waals surface area contributed by atoms with Crippen molar-refractivity contribution in [2.45, 2.75) is 18.3 Å². The van der Waals surface area contributed by atoms with Gasteiger partial charge in [-0.15, -0.1) is 0 Å². The molecule has 0 saturated heterocycles. The van der Waals surface area contributed by atoms with Gasteiger partial charge in [0.25, 0.3) is 0 Å². The molecule has 0 bridgehead atoms. The number of carbonyl (C=O) groups is 1. The number of hydrogen-bond donors (Lipinski definition) is 1. The van der Waals surface area contributed by atoms with E-state index < -0.39 is 5.41 Å². The fourth-order valence-corrected chi connectivity index (χ4v) is 2.23. The quantitative estimate of drug-likeness (QED) is 0.781. The summed E-state index contributed by atoms with van der Waals surface area (Å²) in [6.07, 6.45) is 1.76. The Morgan fingerprint density at radius 3 is 2.75 bits per heavy atom. The number of aromatic amines is 1. The van der Waals surface area contributed by atoms with Crippen molar-refractivity contribution in [3.8, 4) is 0 Å². The molecule has 1 fully saturated rings. The molecule has 3 heteroatoms. The zero-order chi connectivity index (χ0) is 11.2. The average molecular weight is 215 g/mol. The summed E-state index contributed by atoms with van der Waals surface area (Å²) in [4.78, 5) is 15.0. The molecule has 2 aromatic rings. The lowest BCUT2D eigenvalue weighted by molar-refractivity contribution is -0.143. The van der Waals surface area contributed by atoms with E-state index in [1.807, 2.05) is 24.3 Å². The third kappa shape index (κ3) is 1.18. The second kappa shape index (κ2) is 3.11. The molecule has 1 aliphatic carbocycles.